The smallest absolute Gasteiger partial charge is 0.168 e. The summed E-state index contributed by atoms with van der Waals surface area (Å²) < 4.78 is 26.4. The number of nitrogens with two attached hydrogens (primary N) is 1. The van der Waals surface area contributed by atoms with Gasteiger partial charge in [-0.3, -0.25) is 0 Å². The van der Waals surface area contributed by atoms with Gasteiger partial charge in [-0.15, -0.1) is 0 Å². The molecular formula is C11H15F2N3O. The van der Waals surface area contributed by atoms with E-state index in [4.69, 9.17) is 10.8 Å². The van der Waals surface area contributed by atoms with E-state index in [-0.39, 0.29) is 30.2 Å². The zero-order valence-electron chi connectivity index (χ0n) is 9.29. The van der Waals surface area contributed by atoms with Gasteiger partial charge in [-0.25, -0.2) is 13.8 Å². The van der Waals surface area contributed by atoms with Crippen LogP contribution >= 0.6 is 0 Å². The molecule has 0 radical (unpaired) electrons. The summed E-state index contributed by atoms with van der Waals surface area (Å²) in [6, 6.07) is 0.681. The first-order chi connectivity index (χ1) is 8.11. The number of aliphatic hydroxyl groups excluding tert-OH is 1. The van der Waals surface area contributed by atoms with E-state index in [1.807, 2.05) is 0 Å². The fourth-order valence-corrected chi connectivity index (χ4v) is 2.20. The molecule has 0 spiro atoms. The van der Waals surface area contributed by atoms with Gasteiger partial charge in [0.1, 0.15) is 0 Å². The Hall–Kier alpha value is -1.43. The molecule has 1 aromatic rings. The molecule has 1 heterocycles. The molecule has 0 aromatic carbocycles. The fourth-order valence-electron chi connectivity index (χ4n) is 2.20. The van der Waals surface area contributed by atoms with E-state index in [9.17, 15) is 8.78 Å². The van der Waals surface area contributed by atoms with Crippen molar-refractivity contribution in [1.29, 1.82) is 0 Å². The Bertz CT molecular complexity index is 414. The lowest BCUT2D eigenvalue weighted by Crippen LogP contribution is -2.27. The molecule has 1 aliphatic rings. The second kappa shape index (κ2) is 4.83. The second-order valence-electron chi connectivity index (χ2n) is 4.31. The lowest BCUT2D eigenvalue weighted by molar-refractivity contribution is 0.222. The van der Waals surface area contributed by atoms with E-state index < -0.39 is 11.6 Å². The maximum absolute atomic E-state index is 13.4. The van der Waals surface area contributed by atoms with Crippen LogP contribution in [0.3, 0.4) is 0 Å². The molecule has 4 nitrogen and oxygen atoms in total. The molecule has 2 unspecified atom stereocenters. The van der Waals surface area contributed by atoms with E-state index in [0.29, 0.717) is 6.07 Å². The third kappa shape index (κ3) is 2.46. The number of hydrogen-bond acceptors (Lipinski definition) is 4. The average molecular weight is 243 g/mol. The van der Waals surface area contributed by atoms with Crippen LogP contribution in [0.4, 0.5) is 20.4 Å². The molecular weight excluding hydrogens is 228 g/mol. The maximum Gasteiger partial charge on any atom is 0.168 e. The number of aromatic nitrogens is 1. The lowest BCUT2D eigenvalue weighted by atomic mass is 10.1. The Labute approximate surface area is 97.8 Å². The van der Waals surface area contributed by atoms with Crippen LogP contribution in [-0.2, 0) is 0 Å². The van der Waals surface area contributed by atoms with Crippen LogP contribution in [0.5, 0.6) is 0 Å². The second-order valence-corrected chi connectivity index (χ2v) is 4.31. The monoisotopic (exact) mass is 243 g/mol. The van der Waals surface area contributed by atoms with Crippen molar-refractivity contribution < 1.29 is 13.9 Å². The van der Waals surface area contributed by atoms with Crippen molar-refractivity contribution in [2.45, 2.75) is 25.3 Å². The molecule has 2 rings (SSSR count). The van der Waals surface area contributed by atoms with Crippen molar-refractivity contribution in [3.05, 3.63) is 17.7 Å². The third-order valence-electron chi connectivity index (χ3n) is 3.17. The molecule has 0 aliphatic heterocycles. The van der Waals surface area contributed by atoms with Gasteiger partial charge >= 0.3 is 0 Å². The fraction of sp³-hybridized carbons (Fsp3) is 0.545. The number of anilines is 2. The van der Waals surface area contributed by atoms with Gasteiger partial charge in [-0.1, -0.05) is 6.42 Å². The SMILES string of the molecule is Nc1nc(NC2CCCC2CO)c(F)cc1F. The molecule has 0 saturated heterocycles. The van der Waals surface area contributed by atoms with Crippen molar-refractivity contribution in [2.75, 3.05) is 17.7 Å². The summed E-state index contributed by atoms with van der Waals surface area (Å²) in [7, 11) is 0. The standard InChI is InChI=1S/C11H15F2N3O/c12-7-4-8(13)11(16-10(7)14)15-9-3-1-2-6(9)5-17/h4,6,9,17H,1-3,5H2,(H3,14,15,16). The van der Waals surface area contributed by atoms with Gasteiger partial charge < -0.3 is 16.2 Å². The molecule has 17 heavy (non-hydrogen) atoms. The normalized spacial score (nSPS) is 23.9. The summed E-state index contributed by atoms with van der Waals surface area (Å²) in [6.45, 7) is 0.0516. The largest absolute Gasteiger partial charge is 0.396 e. The Kier molecular flexibility index (Phi) is 3.42. The summed E-state index contributed by atoms with van der Waals surface area (Å²) >= 11 is 0. The topological polar surface area (TPSA) is 71.2 Å². The van der Waals surface area contributed by atoms with E-state index in [0.717, 1.165) is 19.3 Å². The summed E-state index contributed by atoms with van der Waals surface area (Å²) in [5.74, 6) is -1.91. The molecule has 1 aliphatic carbocycles. The maximum atomic E-state index is 13.4. The van der Waals surface area contributed by atoms with Gasteiger partial charge in [-0.05, 0) is 12.8 Å². The number of nitrogen functional groups attached to an aromatic ring is 1. The number of halogens is 2. The predicted octanol–water partition coefficient (Wildman–Crippen LogP) is 1.51. The Morgan fingerprint density at radius 2 is 2.18 bits per heavy atom. The number of hydrogen-bond donors (Lipinski definition) is 3. The number of aliphatic hydroxyl groups is 1. The molecule has 1 saturated carbocycles. The molecule has 4 N–H and O–H groups in total. The highest BCUT2D eigenvalue weighted by molar-refractivity contribution is 5.45. The van der Waals surface area contributed by atoms with Crippen LogP contribution in [0.15, 0.2) is 6.07 Å². The van der Waals surface area contributed by atoms with Crippen LogP contribution in [-0.4, -0.2) is 22.7 Å². The van der Waals surface area contributed by atoms with Crippen LogP contribution in [0.1, 0.15) is 19.3 Å². The summed E-state index contributed by atoms with van der Waals surface area (Å²) in [4.78, 5) is 3.64. The highest BCUT2D eigenvalue weighted by Gasteiger charge is 2.27. The van der Waals surface area contributed by atoms with Gasteiger partial charge in [-0.2, -0.15) is 0 Å². The summed E-state index contributed by atoms with van der Waals surface area (Å²) in [5, 5.41) is 12.0. The van der Waals surface area contributed by atoms with Crippen LogP contribution in [0.2, 0.25) is 0 Å². The molecule has 2 atom stereocenters. The first-order valence-electron chi connectivity index (χ1n) is 5.60. The number of pyridine rings is 1. The van der Waals surface area contributed by atoms with Crippen LogP contribution in [0, 0.1) is 17.6 Å². The molecule has 94 valence electrons. The first-order valence-corrected chi connectivity index (χ1v) is 5.60. The predicted molar refractivity (Wildman–Crippen MR) is 60.4 cm³/mol. The van der Waals surface area contributed by atoms with E-state index in [1.165, 1.54) is 0 Å². The minimum atomic E-state index is -0.863. The number of nitrogens with zero attached hydrogens (tertiary/aromatic N) is 1. The molecule has 0 amide bonds. The zero-order chi connectivity index (χ0) is 12.4. The minimum absolute atomic E-state index is 0.0353. The van der Waals surface area contributed by atoms with Gasteiger partial charge in [0.25, 0.3) is 0 Å². The Morgan fingerprint density at radius 1 is 1.41 bits per heavy atom. The van der Waals surface area contributed by atoms with Gasteiger partial charge in [0.2, 0.25) is 0 Å². The van der Waals surface area contributed by atoms with Gasteiger partial charge in [0.05, 0.1) is 0 Å². The number of rotatable bonds is 3. The van der Waals surface area contributed by atoms with Gasteiger partial charge in [0, 0.05) is 24.6 Å². The highest BCUT2D eigenvalue weighted by Crippen LogP contribution is 2.28. The van der Waals surface area contributed by atoms with E-state index in [1.54, 1.807) is 0 Å². The molecule has 1 aromatic heterocycles. The molecule has 1 fully saturated rings. The first kappa shape index (κ1) is 12.0. The van der Waals surface area contributed by atoms with Crippen molar-refractivity contribution in [1.82, 2.24) is 4.98 Å². The Balaban J connectivity index is 2.15. The quantitative estimate of drug-likeness (QED) is 0.752. The summed E-state index contributed by atoms with van der Waals surface area (Å²) in [5.41, 5.74) is 5.29. The van der Waals surface area contributed by atoms with E-state index in [2.05, 4.69) is 10.3 Å². The van der Waals surface area contributed by atoms with Crippen molar-refractivity contribution in [3.8, 4) is 0 Å². The average Bonchev–Trinajstić information content (AvgIpc) is 2.73. The van der Waals surface area contributed by atoms with Crippen LogP contribution in [0.25, 0.3) is 0 Å². The lowest BCUT2D eigenvalue weighted by Gasteiger charge is -2.20. The highest BCUT2D eigenvalue weighted by atomic mass is 19.1. The molecule has 6 heteroatoms. The van der Waals surface area contributed by atoms with Crippen LogP contribution < -0.4 is 11.1 Å². The minimum Gasteiger partial charge on any atom is -0.396 e. The number of nitrogens with one attached hydrogen (secondary N) is 1. The van der Waals surface area contributed by atoms with Crippen molar-refractivity contribution in [3.63, 3.8) is 0 Å². The molecule has 0 bridgehead atoms. The summed E-state index contributed by atoms with van der Waals surface area (Å²) in [6.07, 6.45) is 2.71. The van der Waals surface area contributed by atoms with Gasteiger partial charge in [0.15, 0.2) is 23.3 Å². The Morgan fingerprint density at radius 3 is 2.88 bits per heavy atom. The van der Waals surface area contributed by atoms with E-state index >= 15 is 0 Å². The van der Waals surface area contributed by atoms with Crippen molar-refractivity contribution >= 4 is 11.6 Å². The zero-order valence-corrected chi connectivity index (χ0v) is 9.29. The van der Waals surface area contributed by atoms with Crippen molar-refractivity contribution in [2.24, 2.45) is 5.92 Å². The third-order valence-corrected chi connectivity index (χ3v) is 3.17.